The van der Waals surface area contributed by atoms with Crippen LogP contribution in [0.15, 0.2) is 158 Å². The van der Waals surface area contributed by atoms with Gasteiger partial charge in [-0.3, -0.25) is 9.97 Å². The van der Waals surface area contributed by atoms with E-state index in [0.717, 1.165) is 22.4 Å². The Hall–Kier alpha value is -6.00. The van der Waals surface area contributed by atoms with E-state index < -0.39 is 0 Å². The summed E-state index contributed by atoms with van der Waals surface area (Å²) in [7, 11) is 0. The monoisotopic (exact) mass is 562 g/mol. The van der Waals surface area contributed by atoms with Gasteiger partial charge < -0.3 is 9.13 Å². The Bertz CT molecular complexity index is 2290. The van der Waals surface area contributed by atoms with Crippen LogP contribution in [0.1, 0.15) is 0 Å². The van der Waals surface area contributed by atoms with Gasteiger partial charge in [-0.15, -0.1) is 0 Å². The summed E-state index contributed by atoms with van der Waals surface area (Å²) in [6.07, 6.45) is 7.68. The van der Waals surface area contributed by atoms with Crippen LogP contribution in [-0.4, -0.2) is 19.1 Å². The SMILES string of the molecule is c1ccc(-n2c3ccc(-c4ccc(-c5ccc6c(c5)c5ccncc5n6-c5ccccc5)cc4)cc3c3ccncc32)cc1. The molecule has 4 nitrogen and oxygen atoms in total. The van der Waals surface area contributed by atoms with Crippen molar-refractivity contribution in [3.8, 4) is 33.6 Å². The molecule has 0 aliphatic rings. The summed E-state index contributed by atoms with van der Waals surface area (Å²) >= 11 is 0. The predicted octanol–water partition coefficient (Wildman–Crippen LogP) is 10.0. The second-order valence-corrected chi connectivity index (χ2v) is 11.2. The highest BCUT2D eigenvalue weighted by Crippen LogP contribution is 2.37. The average molecular weight is 563 g/mol. The fourth-order valence-corrected chi connectivity index (χ4v) is 6.66. The lowest BCUT2D eigenvalue weighted by Gasteiger charge is -2.09. The van der Waals surface area contributed by atoms with Gasteiger partial charge in [-0.25, -0.2) is 0 Å². The van der Waals surface area contributed by atoms with Gasteiger partial charge >= 0.3 is 0 Å². The van der Waals surface area contributed by atoms with E-state index in [0.29, 0.717) is 0 Å². The zero-order chi connectivity index (χ0) is 29.0. The van der Waals surface area contributed by atoms with Crippen LogP contribution in [0.4, 0.5) is 0 Å². The summed E-state index contributed by atoms with van der Waals surface area (Å²) in [6.45, 7) is 0. The molecule has 0 radical (unpaired) electrons. The van der Waals surface area contributed by atoms with E-state index in [-0.39, 0.29) is 0 Å². The minimum atomic E-state index is 1.11. The zero-order valence-electron chi connectivity index (χ0n) is 23.8. The van der Waals surface area contributed by atoms with Gasteiger partial charge in [0.2, 0.25) is 0 Å². The molecule has 9 rings (SSSR count). The van der Waals surface area contributed by atoms with E-state index in [2.05, 4.69) is 153 Å². The van der Waals surface area contributed by atoms with Gasteiger partial charge in [-0.1, -0.05) is 72.8 Å². The van der Waals surface area contributed by atoms with Crippen molar-refractivity contribution < 1.29 is 0 Å². The Morgan fingerprint density at radius 3 is 1.18 bits per heavy atom. The lowest BCUT2D eigenvalue weighted by atomic mass is 9.98. The minimum Gasteiger partial charge on any atom is -0.308 e. The Morgan fingerprint density at radius 2 is 0.750 bits per heavy atom. The zero-order valence-corrected chi connectivity index (χ0v) is 23.8. The maximum atomic E-state index is 4.44. The number of nitrogens with zero attached hydrogens (tertiary/aromatic N) is 4. The molecule has 4 aromatic heterocycles. The first kappa shape index (κ1) is 24.6. The topological polar surface area (TPSA) is 35.6 Å². The molecule has 206 valence electrons. The van der Waals surface area contributed by atoms with Crippen LogP contribution < -0.4 is 0 Å². The number of pyridine rings is 2. The van der Waals surface area contributed by atoms with Gasteiger partial charge in [0.15, 0.2) is 0 Å². The second-order valence-electron chi connectivity index (χ2n) is 11.2. The molecule has 0 unspecified atom stereocenters. The van der Waals surface area contributed by atoms with Crippen LogP contribution in [0.25, 0.3) is 77.2 Å². The average Bonchev–Trinajstić information content (AvgIpc) is 3.61. The molecule has 4 heteroatoms. The molecule has 9 aromatic rings. The van der Waals surface area contributed by atoms with E-state index in [1.165, 1.54) is 54.8 Å². The van der Waals surface area contributed by atoms with Crippen molar-refractivity contribution in [2.75, 3.05) is 0 Å². The molecule has 0 aliphatic carbocycles. The van der Waals surface area contributed by atoms with E-state index in [9.17, 15) is 0 Å². The number of fused-ring (bicyclic) bond motifs is 6. The fourth-order valence-electron chi connectivity index (χ4n) is 6.66. The van der Waals surface area contributed by atoms with Gasteiger partial charge in [0.05, 0.1) is 34.5 Å². The highest BCUT2D eigenvalue weighted by molar-refractivity contribution is 6.11. The fraction of sp³-hybridized carbons (Fsp3) is 0. The van der Waals surface area contributed by atoms with E-state index in [1.807, 2.05) is 24.8 Å². The summed E-state index contributed by atoms with van der Waals surface area (Å²) in [5.41, 5.74) is 11.6. The standard InChI is InChI=1S/C40H26N4/c1-3-7-31(8-4-1)43-37-17-15-29(23-35(37)33-19-21-41-25-39(33)43)27-11-13-28(14-12-27)30-16-18-38-36(24-30)34-20-22-42-26-40(34)44(38)32-9-5-2-6-10-32/h1-26H. The van der Waals surface area contributed by atoms with Crippen molar-refractivity contribution in [3.63, 3.8) is 0 Å². The third-order valence-corrected chi connectivity index (χ3v) is 8.72. The van der Waals surface area contributed by atoms with Crippen molar-refractivity contribution in [1.82, 2.24) is 19.1 Å². The Labute approximate surface area is 254 Å². The van der Waals surface area contributed by atoms with Gasteiger partial charge in [0, 0.05) is 45.3 Å². The molecule has 0 saturated carbocycles. The van der Waals surface area contributed by atoms with Gasteiger partial charge in [0.1, 0.15) is 0 Å². The Morgan fingerprint density at radius 1 is 0.341 bits per heavy atom. The molecule has 5 aromatic carbocycles. The minimum absolute atomic E-state index is 1.11. The maximum Gasteiger partial charge on any atom is 0.0724 e. The van der Waals surface area contributed by atoms with Crippen molar-refractivity contribution >= 4 is 43.6 Å². The number of para-hydroxylation sites is 2. The Balaban J connectivity index is 1.13. The van der Waals surface area contributed by atoms with E-state index in [1.54, 1.807) is 0 Å². The van der Waals surface area contributed by atoms with Crippen LogP contribution in [0.3, 0.4) is 0 Å². The van der Waals surface area contributed by atoms with Gasteiger partial charge in [-0.2, -0.15) is 0 Å². The van der Waals surface area contributed by atoms with Crippen molar-refractivity contribution in [2.24, 2.45) is 0 Å². The molecular formula is C40H26N4. The number of hydrogen-bond acceptors (Lipinski definition) is 2. The molecule has 0 spiro atoms. The van der Waals surface area contributed by atoms with E-state index >= 15 is 0 Å². The second kappa shape index (κ2) is 9.79. The molecule has 0 aliphatic heterocycles. The molecule has 0 atom stereocenters. The third-order valence-electron chi connectivity index (χ3n) is 8.72. The van der Waals surface area contributed by atoms with Crippen molar-refractivity contribution in [1.29, 1.82) is 0 Å². The molecular weight excluding hydrogens is 536 g/mol. The van der Waals surface area contributed by atoms with Crippen LogP contribution in [0.2, 0.25) is 0 Å². The van der Waals surface area contributed by atoms with Crippen LogP contribution in [0.5, 0.6) is 0 Å². The first-order valence-corrected chi connectivity index (χ1v) is 14.8. The summed E-state index contributed by atoms with van der Waals surface area (Å²) in [5, 5.41) is 4.86. The summed E-state index contributed by atoms with van der Waals surface area (Å²) in [6, 6.07) is 47.7. The lowest BCUT2D eigenvalue weighted by molar-refractivity contribution is 1.17. The Kier molecular flexibility index (Phi) is 5.47. The van der Waals surface area contributed by atoms with Gasteiger partial charge in [-0.05, 0) is 82.9 Å². The molecule has 0 saturated heterocycles. The first-order chi connectivity index (χ1) is 21.8. The van der Waals surface area contributed by atoms with Crippen LogP contribution in [0, 0.1) is 0 Å². The molecule has 4 heterocycles. The number of aromatic nitrogens is 4. The molecule has 0 bridgehead atoms. The van der Waals surface area contributed by atoms with Gasteiger partial charge in [0.25, 0.3) is 0 Å². The highest BCUT2D eigenvalue weighted by atomic mass is 15.0. The molecule has 0 fully saturated rings. The smallest absolute Gasteiger partial charge is 0.0724 e. The quantitative estimate of drug-likeness (QED) is 0.214. The number of benzene rings is 5. The molecule has 0 amide bonds. The normalized spacial score (nSPS) is 11.6. The lowest BCUT2D eigenvalue weighted by Crippen LogP contribution is -1.93. The van der Waals surface area contributed by atoms with Crippen molar-refractivity contribution in [2.45, 2.75) is 0 Å². The van der Waals surface area contributed by atoms with E-state index in [4.69, 9.17) is 0 Å². The largest absolute Gasteiger partial charge is 0.308 e. The summed E-state index contributed by atoms with van der Waals surface area (Å²) in [4.78, 5) is 8.88. The number of hydrogen-bond donors (Lipinski definition) is 0. The van der Waals surface area contributed by atoms with Crippen LogP contribution in [-0.2, 0) is 0 Å². The maximum absolute atomic E-state index is 4.44. The first-order valence-electron chi connectivity index (χ1n) is 14.8. The predicted molar refractivity (Wildman–Crippen MR) is 182 cm³/mol. The van der Waals surface area contributed by atoms with Crippen molar-refractivity contribution in [3.05, 3.63) is 158 Å². The molecule has 44 heavy (non-hydrogen) atoms. The number of rotatable bonds is 4. The molecule has 0 N–H and O–H groups in total. The highest BCUT2D eigenvalue weighted by Gasteiger charge is 2.15. The third kappa shape index (κ3) is 3.78. The summed E-state index contributed by atoms with van der Waals surface area (Å²) < 4.78 is 4.59. The van der Waals surface area contributed by atoms with Crippen LogP contribution >= 0.6 is 0 Å². The summed E-state index contributed by atoms with van der Waals surface area (Å²) in [5.74, 6) is 0.